The van der Waals surface area contributed by atoms with Gasteiger partial charge in [-0.3, -0.25) is 0 Å². The van der Waals surface area contributed by atoms with Gasteiger partial charge in [-0.05, 0) is 61.2 Å². The van der Waals surface area contributed by atoms with Crippen LogP contribution in [0.15, 0.2) is 30.3 Å². The largest absolute Gasteiger partial charge is 0.398 e. The summed E-state index contributed by atoms with van der Waals surface area (Å²) in [5.41, 5.74) is 12.3. The lowest BCUT2D eigenvalue weighted by Gasteiger charge is -2.15. The van der Waals surface area contributed by atoms with Gasteiger partial charge in [0.1, 0.15) is 5.82 Å². The second-order valence-electron chi connectivity index (χ2n) is 6.58. The number of hydrogen-bond donors (Lipinski definition) is 2. The highest BCUT2D eigenvalue weighted by atomic mass is 19.1. The Kier molecular flexibility index (Phi) is 3.91. The smallest absolute Gasteiger partial charge is 0.126 e. The molecule has 0 radical (unpaired) electrons. The topological polar surface area (TPSA) is 54.8 Å². The molecule has 124 valence electrons. The van der Waals surface area contributed by atoms with Crippen LogP contribution >= 0.6 is 0 Å². The van der Waals surface area contributed by atoms with Gasteiger partial charge >= 0.3 is 0 Å². The van der Waals surface area contributed by atoms with Crippen LogP contribution in [0.5, 0.6) is 0 Å². The minimum atomic E-state index is -0.206. The van der Waals surface area contributed by atoms with Crippen molar-refractivity contribution in [2.24, 2.45) is 0 Å². The molecule has 0 amide bonds. The third-order valence-electron chi connectivity index (χ3n) is 4.57. The van der Waals surface area contributed by atoms with Crippen LogP contribution in [0.3, 0.4) is 0 Å². The van der Waals surface area contributed by atoms with Crippen molar-refractivity contribution >= 4 is 22.8 Å². The number of aryl methyl sites for hydroxylation is 2. The SMILES string of the molecule is Cc1cc(-n2c(C(C)C)c(C)c3cc(N)c(C=N)cc32)ccc1F. The zero-order valence-corrected chi connectivity index (χ0v) is 14.4. The highest BCUT2D eigenvalue weighted by Crippen LogP contribution is 2.35. The summed E-state index contributed by atoms with van der Waals surface area (Å²) >= 11 is 0. The van der Waals surface area contributed by atoms with E-state index in [-0.39, 0.29) is 5.82 Å². The van der Waals surface area contributed by atoms with Crippen molar-refractivity contribution in [3.63, 3.8) is 0 Å². The van der Waals surface area contributed by atoms with Crippen LogP contribution in [-0.4, -0.2) is 10.8 Å². The molecule has 0 aliphatic rings. The summed E-state index contributed by atoms with van der Waals surface area (Å²) in [6.45, 7) is 8.16. The lowest BCUT2D eigenvalue weighted by atomic mass is 10.0. The van der Waals surface area contributed by atoms with Crippen molar-refractivity contribution in [2.75, 3.05) is 5.73 Å². The van der Waals surface area contributed by atoms with E-state index in [2.05, 4.69) is 25.3 Å². The lowest BCUT2D eigenvalue weighted by Crippen LogP contribution is -2.04. The van der Waals surface area contributed by atoms with E-state index in [0.29, 0.717) is 22.7 Å². The molecule has 0 aliphatic heterocycles. The summed E-state index contributed by atoms with van der Waals surface area (Å²) in [4.78, 5) is 0. The van der Waals surface area contributed by atoms with E-state index in [1.165, 1.54) is 23.5 Å². The van der Waals surface area contributed by atoms with Crippen molar-refractivity contribution in [3.05, 3.63) is 58.5 Å². The molecule has 0 saturated heterocycles. The van der Waals surface area contributed by atoms with E-state index in [1.54, 1.807) is 13.0 Å². The molecule has 1 aromatic heterocycles. The number of fused-ring (bicyclic) bond motifs is 1. The first-order valence-corrected chi connectivity index (χ1v) is 8.06. The molecule has 0 atom stereocenters. The maximum Gasteiger partial charge on any atom is 0.126 e. The molecule has 24 heavy (non-hydrogen) atoms. The first-order chi connectivity index (χ1) is 11.3. The first kappa shape index (κ1) is 16.2. The Morgan fingerprint density at radius 3 is 2.46 bits per heavy atom. The number of rotatable bonds is 3. The van der Waals surface area contributed by atoms with Crippen molar-refractivity contribution < 1.29 is 4.39 Å². The average Bonchev–Trinajstić information content (AvgIpc) is 2.82. The first-order valence-electron chi connectivity index (χ1n) is 8.06. The highest BCUT2D eigenvalue weighted by Gasteiger charge is 2.19. The summed E-state index contributed by atoms with van der Waals surface area (Å²) in [5, 5.41) is 8.65. The van der Waals surface area contributed by atoms with Gasteiger partial charge in [0, 0.05) is 34.2 Å². The number of hydrogen-bond acceptors (Lipinski definition) is 2. The fourth-order valence-corrected chi connectivity index (χ4v) is 3.40. The third kappa shape index (κ3) is 2.39. The molecule has 3 nitrogen and oxygen atoms in total. The Morgan fingerprint density at radius 1 is 1.17 bits per heavy atom. The van der Waals surface area contributed by atoms with Crippen LogP contribution in [0.2, 0.25) is 0 Å². The number of nitrogens with zero attached hydrogens (tertiary/aromatic N) is 1. The molecule has 0 bridgehead atoms. The molecule has 0 spiro atoms. The predicted octanol–water partition coefficient (Wildman–Crippen LogP) is 5.09. The van der Waals surface area contributed by atoms with Crippen LogP contribution < -0.4 is 5.73 Å². The summed E-state index contributed by atoms with van der Waals surface area (Å²) < 4.78 is 15.9. The minimum absolute atomic E-state index is 0.206. The van der Waals surface area contributed by atoms with E-state index in [9.17, 15) is 4.39 Å². The molecule has 0 unspecified atom stereocenters. The van der Waals surface area contributed by atoms with Gasteiger partial charge in [-0.2, -0.15) is 0 Å². The number of anilines is 1. The van der Waals surface area contributed by atoms with E-state index in [4.69, 9.17) is 11.1 Å². The van der Waals surface area contributed by atoms with Crippen LogP contribution in [0, 0.1) is 25.1 Å². The van der Waals surface area contributed by atoms with Crippen LogP contribution in [-0.2, 0) is 0 Å². The monoisotopic (exact) mass is 323 g/mol. The zero-order chi connectivity index (χ0) is 17.6. The molecule has 4 heteroatoms. The second kappa shape index (κ2) is 5.78. The van der Waals surface area contributed by atoms with Crippen molar-refractivity contribution in [3.8, 4) is 5.69 Å². The maximum absolute atomic E-state index is 13.7. The van der Waals surface area contributed by atoms with Gasteiger partial charge in [-0.25, -0.2) is 4.39 Å². The molecule has 0 aliphatic carbocycles. The molecular weight excluding hydrogens is 301 g/mol. The van der Waals surface area contributed by atoms with E-state index in [0.717, 1.165) is 16.6 Å². The minimum Gasteiger partial charge on any atom is -0.398 e. The normalized spacial score (nSPS) is 11.4. The number of nitrogens with two attached hydrogens (primary N) is 1. The number of benzene rings is 2. The van der Waals surface area contributed by atoms with E-state index in [1.807, 2.05) is 18.2 Å². The Labute approximate surface area is 141 Å². The predicted molar refractivity (Wildman–Crippen MR) is 99.1 cm³/mol. The summed E-state index contributed by atoms with van der Waals surface area (Å²) in [7, 11) is 0. The summed E-state index contributed by atoms with van der Waals surface area (Å²) in [6.07, 6.45) is 1.27. The van der Waals surface area contributed by atoms with Crippen molar-refractivity contribution in [2.45, 2.75) is 33.6 Å². The van der Waals surface area contributed by atoms with Gasteiger partial charge in [0.2, 0.25) is 0 Å². The molecular formula is C20H22FN3. The average molecular weight is 323 g/mol. The molecule has 2 aromatic carbocycles. The van der Waals surface area contributed by atoms with Gasteiger partial charge in [-0.15, -0.1) is 0 Å². The van der Waals surface area contributed by atoms with Crippen molar-refractivity contribution in [1.82, 2.24) is 4.57 Å². The Hall–Kier alpha value is -2.62. The molecule has 0 saturated carbocycles. The second-order valence-corrected chi connectivity index (χ2v) is 6.58. The van der Waals surface area contributed by atoms with E-state index >= 15 is 0 Å². The molecule has 0 fully saturated rings. The molecule has 3 N–H and O–H groups in total. The maximum atomic E-state index is 13.7. The number of aromatic nitrogens is 1. The van der Waals surface area contributed by atoms with Crippen LogP contribution in [0.1, 0.15) is 42.1 Å². The van der Waals surface area contributed by atoms with Crippen LogP contribution in [0.25, 0.3) is 16.6 Å². The van der Waals surface area contributed by atoms with Gasteiger partial charge in [-0.1, -0.05) is 13.8 Å². The Bertz CT molecular complexity index is 951. The van der Waals surface area contributed by atoms with E-state index < -0.39 is 0 Å². The molecule has 1 heterocycles. The van der Waals surface area contributed by atoms with Gasteiger partial charge in [0.05, 0.1) is 5.52 Å². The number of nitrogens with one attached hydrogen (secondary N) is 1. The highest BCUT2D eigenvalue weighted by molar-refractivity contribution is 5.97. The van der Waals surface area contributed by atoms with Crippen LogP contribution in [0.4, 0.5) is 10.1 Å². The fraction of sp³-hybridized carbons (Fsp3) is 0.250. The molecule has 3 aromatic rings. The summed E-state index contributed by atoms with van der Waals surface area (Å²) in [6, 6.07) is 9.04. The number of nitrogen functional groups attached to an aromatic ring is 1. The van der Waals surface area contributed by atoms with Gasteiger partial charge < -0.3 is 15.7 Å². The zero-order valence-electron chi connectivity index (χ0n) is 14.4. The number of halogens is 1. The van der Waals surface area contributed by atoms with Gasteiger partial charge in [0.25, 0.3) is 0 Å². The lowest BCUT2D eigenvalue weighted by molar-refractivity contribution is 0.618. The third-order valence-corrected chi connectivity index (χ3v) is 4.57. The Morgan fingerprint density at radius 2 is 1.88 bits per heavy atom. The molecule has 3 rings (SSSR count). The Balaban J connectivity index is 2.45. The van der Waals surface area contributed by atoms with Crippen molar-refractivity contribution in [1.29, 1.82) is 5.41 Å². The quantitative estimate of drug-likeness (QED) is 0.512. The van der Waals surface area contributed by atoms with Gasteiger partial charge in [0.15, 0.2) is 0 Å². The summed E-state index contributed by atoms with van der Waals surface area (Å²) in [5.74, 6) is 0.0925. The standard InChI is InChI=1S/C20H22FN3/c1-11(2)20-13(4)16-9-18(23)14(10-22)8-19(16)24(20)15-5-6-17(21)12(3)7-15/h5-11,22H,23H2,1-4H3. The fourth-order valence-electron chi connectivity index (χ4n) is 3.40.